The molecule has 0 heterocycles. The number of hydrogen-bond acceptors (Lipinski definition) is 3. The van der Waals surface area contributed by atoms with Gasteiger partial charge in [-0.2, -0.15) is 0 Å². The molecule has 0 saturated heterocycles. The second kappa shape index (κ2) is 4.33. The third-order valence-electron chi connectivity index (χ3n) is 2.22. The Hall–Kier alpha value is -1.22. The van der Waals surface area contributed by atoms with Crippen LogP contribution in [0.2, 0.25) is 0 Å². The number of aryl methyl sites for hydroxylation is 1. The molecule has 0 bridgehead atoms. The minimum absolute atomic E-state index is 0.491. The van der Waals surface area contributed by atoms with Crippen LogP contribution in [0.15, 0.2) is 12.1 Å². The lowest BCUT2D eigenvalue weighted by molar-refractivity contribution is 0.198. The van der Waals surface area contributed by atoms with Gasteiger partial charge in [-0.05, 0) is 37.1 Å². The van der Waals surface area contributed by atoms with Crippen molar-refractivity contribution >= 4 is 0 Å². The first-order valence-electron chi connectivity index (χ1n) is 4.50. The molecule has 1 rings (SSSR count). The molecule has 1 aromatic rings. The van der Waals surface area contributed by atoms with Gasteiger partial charge in [0.05, 0.1) is 20.3 Å². The van der Waals surface area contributed by atoms with Crippen LogP contribution in [0.5, 0.6) is 11.5 Å². The number of benzene rings is 1. The van der Waals surface area contributed by atoms with Crippen molar-refractivity contribution in [1.29, 1.82) is 0 Å². The van der Waals surface area contributed by atoms with Gasteiger partial charge in [-0.15, -0.1) is 0 Å². The van der Waals surface area contributed by atoms with Crippen molar-refractivity contribution in [3.63, 3.8) is 0 Å². The molecule has 1 atom stereocenters. The van der Waals surface area contributed by atoms with Crippen molar-refractivity contribution in [2.24, 2.45) is 0 Å². The van der Waals surface area contributed by atoms with E-state index in [-0.39, 0.29) is 0 Å². The summed E-state index contributed by atoms with van der Waals surface area (Å²) in [5.74, 6) is 1.34. The van der Waals surface area contributed by atoms with Crippen molar-refractivity contribution < 1.29 is 14.6 Å². The molecular formula is C11H16O3. The summed E-state index contributed by atoms with van der Waals surface area (Å²) in [6, 6.07) is 3.67. The summed E-state index contributed by atoms with van der Waals surface area (Å²) in [5, 5.41) is 9.49. The zero-order chi connectivity index (χ0) is 10.7. The zero-order valence-corrected chi connectivity index (χ0v) is 9.00. The maximum Gasteiger partial charge on any atom is 0.161 e. The molecule has 78 valence electrons. The van der Waals surface area contributed by atoms with Gasteiger partial charge in [-0.1, -0.05) is 0 Å². The third kappa shape index (κ3) is 1.99. The van der Waals surface area contributed by atoms with E-state index in [9.17, 15) is 5.11 Å². The Labute approximate surface area is 84.3 Å². The summed E-state index contributed by atoms with van der Waals surface area (Å²) in [5.41, 5.74) is 1.86. The minimum atomic E-state index is -0.491. The second-order valence-electron chi connectivity index (χ2n) is 3.24. The smallest absolute Gasteiger partial charge is 0.161 e. The van der Waals surface area contributed by atoms with E-state index in [1.165, 1.54) is 0 Å². The fraction of sp³-hybridized carbons (Fsp3) is 0.455. The maximum absolute atomic E-state index is 9.49. The highest BCUT2D eigenvalue weighted by atomic mass is 16.5. The number of ether oxygens (including phenoxy) is 2. The molecule has 14 heavy (non-hydrogen) atoms. The quantitative estimate of drug-likeness (QED) is 0.804. The summed E-state index contributed by atoms with van der Waals surface area (Å²) >= 11 is 0. The van der Waals surface area contributed by atoms with Crippen LogP contribution in [0, 0.1) is 6.92 Å². The largest absolute Gasteiger partial charge is 0.493 e. The molecule has 1 N–H and O–H groups in total. The summed E-state index contributed by atoms with van der Waals surface area (Å²) in [6.07, 6.45) is -0.491. The van der Waals surface area contributed by atoms with E-state index in [1.54, 1.807) is 27.2 Å². The molecular weight excluding hydrogens is 180 g/mol. The molecule has 0 saturated carbocycles. The highest BCUT2D eigenvalue weighted by Crippen LogP contribution is 2.32. The number of aliphatic hydroxyl groups is 1. The Morgan fingerprint density at radius 1 is 1.14 bits per heavy atom. The maximum atomic E-state index is 9.49. The Kier molecular flexibility index (Phi) is 3.36. The molecule has 0 radical (unpaired) electrons. The van der Waals surface area contributed by atoms with E-state index in [2.05, 4.69) is 0 Å². The monoisotopic (exact) mass is 196 g/mol. The van der Waals surface area contributed by atoms with Crippen LogP contribution in [0.3, 0.4) is 0 Å². The molecule has 1 aromatic carbocycles. The molecule has 0 aliphatic heterocycles. The number of rotatable bonds is 3. The predicted molar refractivity (Wildman–Crippen MR) is 54.9 cm³/mol. The van der Waals surface area contributed by atoms with Crippen LogP contribution in [0.4, 0.5) is 0 Å². The molecule has 3 nitrogen and oxygen atoms in total. The SMILES string of the molecule is COc1cc(C)c([C@@H](C)O)cc1OC. The normalized spacial score (nSPS) is 12.4. The van der Waals surface area contributed by atoms with E-state index in [1.807, 2.05) is 13.0 Å². The average Bonchev–Trinajstić information content (AvgIpc) is 2.16. The second-order valence-corrected chi connectivity index (χ2v) is 3.24. The first kappa shape index (κ1) is 10.9. The lowest BCUT2D eigenvalue weighted by Crippen LogP contribution is -1.98. The summed E-state index contributed by atoms with van der Waals surface area (Å²) < 4.78 is 10.3. The lowest BCUT2D eigenvalue weighted by atomic mass is 10.0. The first-order valence-corrected chi connectivity index (χ1v) is 4.50. The average molecular weight is 196 g/mol. The van der Waals surface area contributed by atoms with Crippen molar-refractivity contribution in [1.82, 2.24) is 0 Å². The Bertz CT molecular complexity index is 319. The van der Waals surface area contributed by atoms with Crippen molar-refractivity contribution in [3.05, 3.63) is 23.3 Å². The summed E-state index contributed by atoms with van der Waals surface area (Å²) in [7, 11) is 3.18. The molecule has 0 spiro atoms. The van der Waals surface area contributed by atoms with Gasteiger partial charge in [-0.3, -0.25) is 0 Å². The zero-order valence-electron chi connectivity index (χ0n) is 9.00. The summed E-state index contributed by atoms with van der Waals surface area (Å²) in [6.45, 7) is 3.66. The molecule has 0 aliphatic carbocycles. The molecule has 0 aliphatic rings. The Morgan fingerprint density at radius 3 is 2.07 bits per heavy atom. The fourth-order valence-electron chi connectivity index (χ4n) is 1.45. The van der Waals surface area contributed by atoms with Crippen molar-refractivity contribution in [2.45, 2.75) is 20.0 Å². The molecule has 3 heteroatoms. The number of methoxy groups -OCH3 is 2. The highest BCUT2D eigenvalue weighted by Gasteiger charge is 2.11. The highest BCUT2D eigenvalue weighted by molar-refractivity contribution is 5.47. The van der Waals surface area contributed by atoms with Crippen LogP contribution < -0.4 is 9.47 Å². The lowest BCUT2D eigenvalue weighted by Gasteiger charge is -2.14. The van der Waals surface area contributed by atoms with E-state index in [4.69, 9.17) is 9.47 Å². The van der Waals surface area contributed by atoms with Crippen LogP contribution in [0.1, 0.15) is 24.2 Å². The molecule has 0 unspecified atom stereocenters. The standard InChI is InChI=1S/C11H16O3/c1-7-5-10(13-3)11(14-4)6-9(7)8(2)12/h5-6,8,12H,1-4H3/t8-/m1/s1. The molecule has 0 aromatic heterocycles. The van der Waals surface area contributed by atoms with Crippen LogP contribution in [-0.4, -0.2) is 19.3 Å². The van der Waals surface area contributed by atoms with Crippen molar-refractivity contribution in [3.8, 4) is 11.5 Å². The topological polar surface area (TPSA) is 38.7 Å². The van der Waals surface area contributed by atoms with E-state index in [0.29, 0.717) is 11.5 Å². The van der Waals surface area contributed by atoms with Gasteiger partial charge >= 0.3 is 0 Å². The van der Waals surface area contributed by atoms with Gasteiger partial charge in [0, 0.05) is 0 Å². The van der Waals surface area contributed by atoms with Gasteiger partial charge in [0.25, 0.3) is 0 Å². The van der Waals surface area contributed by atoms with E-state index < -0.39 is 6.10 Å². The van der Waals surface area contributed by atoms with Gasteiger partial charge < -0.3 is 14.6 Å². The van der Waals surface area contributed by atoms with Crippen molar-refractivity contribution in [2.75, 3.05) is 14.2 Å². The Morgan fingerprint density at radius 2 is 1.64 bits per heavy atom. The first-order chi connectivity index (χ1) is 6.60. The minimum Gasteiger partial charge on any atom is -0.493 e. The number of aliphatic hydroxyl groups excluding tert-OH is 1. The van der Waals surface area contributed by atoms with Gasteiger partial charge in [0.15, 0.2) is 11.5 Å². The van der Waals surface area contributed by atoms with E-state index in [0.717, 1.165) is 11.1 Å². The van der Waals surface area contributed by atoms with Crippen LogP contribution in [-0.2, 0) is 0 Å². The summed E-state index contributed by atoms with van der Waals surface area (Å²) in [4.78, 5) is 0. The van der Waals surface area contributed by atoms with Gasteiger partial charge in [0.2, 0.25) is 0 Å². The number of hydrogen-bond donors (Lipinski definition) is 1. The van der Waals surface area contributed by atoms with Crippen LogP contribution in [0.25, 0.3) is 0 Å². The fourth-order valence-corrected chi connectivity index (χ4v) is 1.45. The van der Waals surface area contributed by atoms with Crippen LogP contribution >= 0.6 is 0 Å². The van der Waals surface area contributed by atoms with Gasteiger partial charge in [0.1, 0.15) is 0 Å². The predicted octanol–water partition coefficient (Wildman–Crippen LogP) is 2.07. The third-order valence-corrected chi connectivity index (χ3v) is 2.22. The Balaban J connectivity index is 3.23. The molecule has 0 amide bonds. The van der Waals surface area contributed by atoms with E-state index >= 15 is 0 Å². The molecule has 0 fully saturated rings. The van der Waals surface area contributed by atoms with Gasteiger partial charge in [-0.25, -0.2) is 0 Å².